The number of ether oxygens (including phenoxy) is 2. The van der Waals surface area contributed by atoms with Crippen molar-refractivity contribution in [3.63, 3.8) is 0 Å². The molecule has 0 radical (unpaired) electrons. The Kier molecular flexibility index (Phi) is 7.08. The number of nitrogens with zero attached hydrogens (tertiary/aromatic N) is 6. The average molecular weight is 489 g/mol. The zero-order chi connectivity index (χ0) is 24.9. The van der Waals surface area contributed by atoms with Gasteiger partial charge >= 0.3 is 0 Å². The van der Waals surface area contributed by atoms with Gasteiger partial charge in [0, 0.05) is 37.4 Å². The molecule has 1 saturated heterocycles. The molecule has 0 amide bonds. The van der Waals surface area contributed by atoms with Crippen LogP contribution >= 0.6 is 0 Å². The smallest absolute Gasteiger partial charge is 0.173 e. The van der Waals surface area contributed by atoms with Crippen LogP contribution in [0.1, 0.15) is 23.0 Å². The fraction of sp³-hybridized carbons (Fsp3) is 0.296. The largest absolute Gasteiger partial charge is 0.497 e. The summed E-state index contributed by atoms with van der Waals surface area (Å²) in [5.41, 5.74) is 3.10. The average Bonchev–Trinajstić information content (AvgIpc) is 3.38. The Labute approximate surface area is 209 Å². The van der Waals surface area contributed by atoms with Gasteiger partial charge in [-0.3, -0.25) is 4.90 Å². The molecular weight excluding hydrogens is 459 g/mol. The standard InChI is InChI=1S/C27H29FN6O2/c1-35-23-13-11-22(12-14-23)32-15-17-33(18-16-32)26(24-5-3-4-6-25(24)36-2)27-29-30-31-34(27)19-20-7-9-21(28)10-8-20/h3-14,26H,15-19H2,1-2H3. The summed E-state index contributed by atoms with van der Waals surface area (Å²) >= 11 is 0. The second-order valence-electron chi connectivity index (χ2n) is 8.69. The minimum atomic E-state index is -0.266. The first-order chi connectivity index (χ1) is 17.7. The molecule has 9 heteroatoms. The minimum absolute atomic E-state index is 0.199. The van der Waals surface area contributed by atoms with E-state index >= 15 is 0 Å². The van der Waals surface area contributed by atoms with E-state index in [-0.39, 0.29) is 11.9 Å². The topological polar surface area (TPSA) is 68.5 Å². The van der Waals surface area contributed by atoms with E-state index in [9.17, 15) is 4.39 Å². The summed E-state index contributed by atoms with van der Waals surface area (Å²) in [6, 6.07) is 22.4. The van der Waals surface area contributed by atoms with Gasteiger partial charge in [-0.05, 0) is 58.5 Å². The molecule has 186 valence electrons. The van der Waals surface area contributed by atoms with Gasteiger partial charge in [-0.2, -0.15) is 0 Å². The molecule has 4 aromatic rings. The van der Waals surface area contributed by atoms with Crippen LogP contribution < -0.4 is 14.4 Å². The van der Waals surface area contributed by atoms with Crippen molar-refractivity contribution in [2.45, 2.75) is 12.6 Å². The van der Waals surface area contributed by atoms with E-state index < -0.39 is 0 Å². The van der Waals surface area contributed by atoms with Crippen molar-refractivity contribution in [1.82, 2.24) is 25.1 Å². The number of aromatic nitrogens is 4. The van der Waals surface area contributed by atoms with Gasteiger partial charge in [0.05, 0.1) is 20.8 Å². The van der Waals surface area contributed by atoms with Crippen LogP contribution in [0.5, 0.6) is 11.5 Å². The molecule has 1 aromatic heterocycles. The number of methoxy groups -OCH3 is 2. The summed E-state index contributed by atoms with van der Waals surface area (Å²) in [6.45, 7) is 3.80. The van der Waals surface area contributed by atoms with Crippen molar-refractivity contribution in [3.8, 4) is 11.5 Å². The molecule has 1 aliphatic rings. The Morgan fingerprint density at radius 2 is 1.58 bits per heavy atom. The number of tetrazole rings is 1. The second-order valence-corrected chi connectivity index (χ2v) is 8.69. The molecule has 36 heavy (non-hydrogen) atoms. The van der Waals surface area contributed by atoms with E-state index in [2.05, 4.69) is 43.5 Å². The molecule has 1 fully saturated rings. The fourth-order valence-electron chi connectivity index (χ4n) is 4.71. The van der Waals surface area contributed by atoms with Crippen LogP contribution in [0.4, 0.5) is 10.1 Å². The highest BCUT2D eigenvalue weighted by Gasteiger charge is 2.32. The summed E-state index contributed by atoms with van der Waals surface area (Å²) in [7, 11) is 3.36. The number of hydrogen-bond acceptors (Lipinski definition) is 7. The fourth-order valence-corrected chi connectivity index (χ4v) is 4.71. The van der Waals surface area contributed by atoms with Gasteiger partial charge in [-0.25, -0.2) is 9.07 Å². The molecule has 2 heterocycles. The first-order valence-electron chi connectivity index (χ1n) is 11.9. The second kappa shape index (κ2) is 10.7. The predicted molar refractivity (Wildman–Crippen MR) is 135 cm³/mol. The lowest BCUT2D eigenvalue weighted by Gasteiger charge is -2.40. The number of halogens is 1. The maximum atomic E-state index is 13.4. The molecule has 1 aliphatic heterocycles. The zero-order valence-corrected chi connectivity index (χ0v) is 20.4. The third kappa shape index (κ3) is 5.01. The van der Waals surface area contributed by atoms with Crippen molar-refractivity contribution in [3.05, 3.63) is 95.6 Å². The molecule has 1 unspecified atom stereocenters. The van der Waals surface area contributed by atoms with E-state index in [1.165, 1.54) is 17.8 Å². The van der Waals surface area contributed by atoms with E-state index in [1.807, 2.05) is 30.3 Å². The third-order valence-electron chi connectivity index (χ3n) is 6.60. The van der Waals surface area contributed by atoms with Gasteiger partial charge in [0.2, 0.25) is 0 Å². The van der Waals surface area contributed by atoms with Crippen LogP contribution in [0.3, 0.4) is 0 Å². The van der Waals surface area contributed by atoms with Crippen LogP contribution in [0.2, 0.25) is 0 Å². The van der Waals surface area contributed by atoms with Gasteiger partial charge in [-0.15, -0.1) is 5.10 Å². The number of rotatable bonds is 8. The molecule has 8 nitrogen and oxygen atoms in total. The van der Waals surface area contributed by atoms with Gasteiger partial charge in [-0.1, -0.05) is 30.3 Å². The Bertz CT molecular complexity index is 1270. The maximum Gasteiger partial charge on any atom is 0.173 e. The van der Waals surface area contributed by atoms with E-state index in [0.29, 0.717) is 6.54 Å². The minimum Gasteiger partial charge on any atom is -0.497 e. The van der Waals surface area contributed by atoms with Gasteiger partial charge < -0.3 is 14.4 Å². The number of piperazine rings is 1. The zero-order valence-electron chi connectivity index (χ0n) is 20.4. The van der Waals surface area contributed by atoms with Gasteiger partial charge in [0.15, 0.2) is 5.82 Å². The van der Waals surface area contributed by atoms with E-state index in [4.69, 9.17) is 9.47 Å². The lowest BCUT2D eigenvalue weighted by Crippen LogP contribution is -2.48. The molecule has 0 saturated carbocycles. The highest BCUT2D eigenvalue weighted by molar-refractivity contribution is 5.49. The van der Waals surface area contributed by atoms with E-state index in [0.717, 1.165) is 54.6 Å². The van der Waals surface area contributed by atoms with Crippen molar-refractivity contribution in [2.75, 3.05) is 45.3 Å². The number of para-hydroxylation sites is 1. The number of benzene rings is 3. The third-order valence-corrected chi connectivity index (χ3v) is 6.60. The highest BCUT2D eigenvalue weighted by atomic mass is 19.1. The van der Waals surface area contributed by atoms with Crippen LogP contribution in [0, 0.1) is 5.82 Å². The van der Waals surface area contributed by atoms with Crippen LogP contribution in [0.15, 0.2) is 72.8 Å². The normalized spacial score (nSPS) is 15.0. The molecule has 0 aliphatic carbocycles. The Morgan fingerprint density at radius 1 is 0.861 bits per heavy atom. The Balaban J connectivity index is 1.43. The van der Waals surface area contributed by atoms with Crippen molar-refractivity contribution in [2.24, 2.45) is 0 Å². The van der Waals surface area contributed by atoms with Crippen LogP contribution in [0.25, 0.3) is 0 Å². The van der Waals surface area contributed by atoms with Crippen LogP contribution in [-0.4, -0.2) is 65.5 Å². The summed E-state index contributed by atoms with van der Waals surface area (Å²) in [5.74, 6) is 2.09. The lowest BCUT2D eigenvalue weighted by atomic mass is 10.0. The van der Waals surface area contributed by atoms with Gasteiger partial charge in [0.1, 0.15) is 23.4 Å². The SMILES string of the molecule is COc1ccc(N2CCN(C(c3ccccc3OC)c3nnnn3Cc3ccc(F)cc3)CC2)cc1. The summed E-state index contributed by atoms with van der Waals surface area (Å²) in [6.07, 6.45) is 0. The molecular formula is C27H29FN6O2. The molecule has 0 spiro atoms. The maximum absolute atomic E-state index is 13.4. The highest BCUT2D eigenvalue weighted by Crippen LogP contribution is 2.35. The quantitative estimate of drug-likeness (QED) is 0.374. The summed E-state index contributed by atoms with van der Waals surface area (Å²) in [4.78, 5) is 4.77. The first-order valence-corrected chi connectivity index (χ1v) is 11.9. The van der Waals surface area contributed by atoms with E-state index in [1.54, 1.807) is 31.0 Å². The molecule has 5 rings (SSSR count). The van der Waals surface area contributed by atoms with Crippen molar-refractivity contribution in [1.29, 1.82) is 0 Å². The van der Waals surface area contributed by atoms with Gasteiger partial charge in [0.25, 0.3) is 0 Å². The number of hydrogen-bond donors (Lipinski definition) is 0. The molecule has 1 atom stereocenters. The lowest BCUT2D eigenvalue weighted by molar-refractivity contribution is 0.198. The first kappa shape index (κ1) is 23.7. The Morgan fingerprint density at radius 3 is 2.28 bits per heavy atom. The van der Waals surface area contributed by atoms with Crippen LogP contribution in [-0.2, 0) is 6.54 Å². The Hall–Kier alpha value is -3.98. The van der Waals surface area contributed by atoms with Crippen molar-refractivity contribution < 1.29 is 13.9 Å². The summed E-state index contributed by atoms with van der Waals surface area (Å²) in [5, 5.41) is 12.7. The molecule has 0 bridgehead atoms. The van der Waals surface area contributed by atoms with Crippen molar-refractivity contribution >= 4 is 5.69 Å². The summed E-state index contributed by atoms with van der Waals surface area (Å²) < 4.78 is 26.3. The monoisotopic (exact) mass is 488 g/mol. The molecule has 0 N–H and O–H groups in total. The predicted octanol–water partition coefficient (Wildman–Crippen LogP) is 3.79. The molecule has 3 aromatic carbocycles. The number of anilines is 1.